The summed E-state index contributed by atoms with van der Waals surface area (Å²) in [5.74, 6) is 1.48. The van der Waals surface area contributed by atoms with Gasteiger partial charge in [-0.3, -0.25) is 0 Å². The van der Waals surface area contributed by atoms with Crippen molar-refractivity contribution in [2.75, 3.05) is 30.4 Å². The molecule has 1 N–H and O–H groups in total. The SMILES string of the molecule is COc1ccccc1N1CCC(Nc2nnc(C)o2)C1. The van der Waals surface area contributed by atoms with Crippen LogP contribution in [0.15, 0.2) is 28.7 Å². The maximum absolute atomic E-state index is 5.41. The Morgan fingerprint density at radius 3 is 2.95 bits per heavy atom. The van der Waals surface area contributed by atoms with Crippen LogP contribution >= 0.6 is 0 Å². The highest BCUT2D eigenvalue weighted by Gasteiger charge is 2.25. The number of hydrogen-bond acceptors (Lipinski definition) is 6. The van der Waals surface area contributed by atoms with E-state index in [2.05, 4.69) is 26.5 Å². The van der Waals surface area contributed by atoms with Gasteiger partial charge in [0.15, 0.2) is 0 Å². The first kappa shape index (κ1) is 12.8. The summed E-state index contributed by atoms with van der Waals surface area (Å²) in [4.78, 5) is 2.31. The number of anilines is 2. The average Bonchev–Trinajstić information content (AvgIpc) is 3.08. The van der Waals surface area contributed by atoms with Gasteiger partial charge in [0.1, 0.15) is 5.75 Å². The number of nitrogens with one attached hydrogen (secondary N) is 1. The second kappa shape index (κ2) is 5.40. The highest BCUT2D eigenvalue weighted by Crippen LogP contribution is 2.30. The minimum Gasteiger partial charge on any atom is -0.495 e. The summed E-state index contributed by atoms with van der Waals surface area (Å²) in [5.41, 5.74) is 1.13. The molecule has 106 valence electrons. The molecule has 0 saturated carbocycles. The van der Waals surface area contributed by atoms with Crippen molar-refractivity contribution in [3.63, 3.8) is 0 Å². The van der Waals surface area contributed by atoms with Gasteiger partial charge in [-0.2, -0.15) is 0 Å². The van der Waals surface area contributed by atoms with Crippen molar-refractivity contribution in [3.05, 3.63) is 30.2 Å². The lowest BCUT2D eigenvalue weighted by Crippen LogP contribution is -2.26. The molecule has 0 bridgehead atoms. The summed E-state index contributed by atoms with van der Waals surface area (Å²) >= 11 is 0. The van der Waals surface area contributed by atoms with Crippen LogP contribution in [0, 0.1) is 6.92 Å². The topological polar surface area (TPSA) is 63.4 Å². The van der Waals surface area contributed by atoms with E-state index in [9.17, 15) is 0 Å². The first-order valence-corrected chi connectivity index (χ1v) is 6.71. The quantitative estimate of drug-likeness (QED) is 0.921. The lowest BCUT2D eigenvalue weighted by atomic mass is 10.2. The number of para-hydroxylation sites is 2. The Morgan fingerprint density at radius 2 is 2.20 bits per heavy atom. The molecule has 3 rings (SSSR count). The zero-order valence-corrected chi connectivity index (χ0v) is 11.7. The van der Waals surface area contributed by atoms with Crippen molar-refractivity contribution in [2.24, 2.45) is 0 Å². The summed E-state index contributed by atoms with van der Waals surface area (Å²) < 4.78 is 10.8. The van der Waals surface area contributed by atoms with Gasteiger partial charge in [-0.05, 0) is 18.6 Å². The van der Waals surface area contributed by atoms with Gasteiger partial charge in [-0.1, -0.05) is 17.2 Å². The number of aromatic nitrogens is 2. The number of nitrogens with zero attached hydrogens (tertiary/aromatic N) is 3. The third kappa shape index (κ3) is 2.54. The van der Waals surface area contributed by atoms with Gasteiger partial charge in [0.05, 0.1) is 12.8 Å². The first-order chi connectivity index (χ1) is 9.76. The number of ether oxygens (including phenoxy) is 1. The van der Waals surface area contributed by atoms with E-state index in [0.717, 1.165) is 30.9 Å². The lowest BCUT2D eigenvalue weighted by molar-refractivity contribution is 0.415. The van der Waals surface area contributed by atoms with Crippen molar-refractivity contribution in [2.45, 2.75) is 19.4 Å². The summed E-state index contributed by atoms with van der Waals surface area (Å²) in [7, 11) is 1.70. The summed E-state index contributed by atoms with van der Waals surface area (Å²) in [6.45, 7) is 3.65. The second-order valence-electron chi connectivity index (χ2n) is 4.87. The largest absolute Gasteiger partial charge is 0.495 e. The molecule has 6 heteroatoms. The Kier molecular flexibility index (Phi) is 3.45. The van der Waals surface area contributed by atoms with Crippen LogP contribution in [-0.2, 0) is 0 Å². The summed E-state index contributed by atoms with van der Waals surface area (Å²) in [6, 6.07) is 8.87. The van der Waals surface area contributed by atoms with Gasteiger partial charge in [0.25, 0.3) is 0 Å². The minimum absolute atomic E-state index is 0.305. The third-order valence-electron chi connectivity index (χ3n) is 3.47. The number of aryl methyl sites for hydroxylation is 1. The molecule has 20 heavy (non-hydrogen) atoms. The van der Waals surface area contributed by atoms with Gasteiger partial charge < -0.3 is 19.4 Å². The number of hydrogen-bond donors (Lipinski definition) is 1. The van der Waals surface area contributed by atoms with Crippen LogP contribution in [0.2, 0.25) is 0 Å². The normalized spacial score (nSPS) is 18.3. The molecule has 6 nitrogen and oxygen atoms in total. The molecule has 1 fully saturated rings. The molecule has 1 aromatic carbocycles. The molecule has 0 spiro atoms. The Bertz CT molecular complexity index is 584. The Morgan fingerprint density at radius 1 is 1.35 bits per heavy atom. The number of methoxy groups -OCH3 is 1. The predicted octanol–water partition coefficient (Wildman–Crippen LogP) is 2.08. The molecular weight excluding hydrogens is 256 g/mol. The first-order valence-electron chi connectivity index (χ1n) is 6.71. The number of rotatable bonds is 4. The maximum atomic E-state index is 5.41. The van der Waals surface area contributed by atoms with Crippen LogP contribution in [0.3, 0.4) is 0 Å². The Hall–Kier alpha value is -2.24. The molecule has 1 unspecified atom stereocenters. The van der Waals surface area contributed by atoms with Crippen LogP contribution in [0.5, 0.6) is 5.75 Å². The van der Waals surface area contributed by atoms with Crippen molar-refractivity contribution in [3.8, 4) is 5.75 Å². The molecule has 0 aliphatic carbocycles. The van der Waals surface area contributed by atoms with Crippen LogP contribution in [0.1, 0.15) is 12.3 Å². The fraction of sp³-hybridized carbons (Fsp3) is 0.429. The van der Waals surface area contributed by atoms with Crippen molar-refractivity contribution in [1.82, 2.24) is 10.2 Å². The van der Waals surface area contributed by atoms with Gasteiger partial charge in [-0.25, -0.2) is 0 Å². The van der Waals surface area contributed by atoms with Crippen LogP contribution < -0.4 is 15.0 Å². The third-order valence-corrected chi connectivity index (χ3v) is 3.47. The minimum atomic E-state index is 0.305. The zero-order valence-electron chi connectivity index (χ0n) is 11.7. The standard InChI is InChI=1S/C14H18N4O2/c1-10-16-17-14(20-10)15-11-7-8-18(9-11)12-5-3-4-6-13(12)19-2/h3-6,11H,7-9H2,1-2H3,(H,15,17). The zero-order chi connectivity index (χ0) is 13.9. The highest BCUT2D eigenvalue weighted by atomic mass is 16.5. The Labute approximate surface area is 117 Å². The monoisotopic (exact) mass is 274 g/mol. The molecule has 2 aromatic rings. The molecule has 0 amide bonds. The van der Waals surface area contributed by atoms with E-state index in [-0.39, 0.29) is 0 Å². The summed E-state index contributed by atoms with van der Waals surface area (Å²) in [6.07, 6.45) is 1.03. The number of benzene rings is 1. The van der Waals surface area contributed by atoms with Crippen molar-refractivity contribution >= 4 is 11.7 Å². The van der Waals surface area contributed by atoms with Crippen LogP contribution in [0.4, 0.5) is 11.7 Å². The molecular formula is C14H18N4O2. The van der Waals surface area contributed by atoms with E-state index >= 15 is 0 Å². The molecule has 1 aliphatic heterocycles. The average molecular weight is 274 g/mol. The van der Waals surface area contributed by atoms with Crippen molar-refractivity contribution in [1.29, 1.82) is 0 Å². The fourth-order valence-electron chi connectivity index (χ4n) is 2.52. The lowest BCUT2D eigenvalue weighted by Gasteiger charge is -2.21. The molecule has 1 atom stereocenters. The molecule has 1 aromatic heterocycles. The maximum Gasteiger partial charge on any atom is 0.315 e. The predicted molar refractivity (Wildman–Crippen MR) is 76.3 cm³/mol. The van der Waals surface area contributed by atoms with E-state index in [1.54, 1.807) is 14.0 Å². The fourth-order valence-corrected chi connectivity index (χ4v) is 2.52. The van der Waals surface area contributed by atoms with E-state index in [1.165, 1.54) is 0 Å². The Balaban J connectivity index is 1.67. The molecule has 1 saturated heterocycles. The van der Waals surface area contributed by atoms with E-state index in [1.807, 2.05) is 18.2 Å². The van der Waals surface area contributed by atoms with Crippen LogP contribution in [-0.4, -0.2) is 36.4 Å². The van der Waals surface area contributed by atoms with Crippen LogP contribution in [0.25, 0.3) is 0 Å². The van der Waals surface area contributed by atoms with E-state index in [4.69, 9.17) is 9.15 Å². The molecule has 2 heterocycles. The second-order valence-corrected chi connectivity index (χ2v) is 4.87. The smallest absolute Gasteiger partial charge is 0.315 e. The van der Waals surface area contributed by atoms with Gasteiger partial charge >= 0.3 is 6.01 Å². The van der Waals surface area contributed by atoms with Gasteiger partial charge in [0, 0.05) is 26.1 Å². The molecule has 0 radical (unpaired) electrons. The van der Waals surface area contributed by atoms with Crippen molar-refractivity contribution < 1.29 is 9.15 Å². The van der Waals surface area contributed by atoms with E-state index in [0.29, 0.717) is 17.9 Å². The molecule has 1 aliphatic rings. The highest BCUT2D eigenvalue weighted by molar-refractivity contribution is 5.59. The van der Waals surface area contributed by atoms with Gasteiger partial charge in [0.2, 0.25) is 5.89 Å². The summed E-state index contributed by atoms with van der Waals surface area (Å²) in [5, 5.41) is 11.1. The van der Waals surface area contributed by atoms with E-state index < -0.39 is 0 Å². The van der Waals surface area contributed by atoms with Gasteiger partial charge in [-0.15, -0.1) is 5.10 Å².